The summed E-state index contributed by atoms with van der Waals surface area (Å²) in [5.41, 5.74) is 0.238. The van der Waals surface area contributed by atoms with Gasteiger partial charge >= 0.3 is 5.97 Å². The van der Waals surface area contributed by atoms with Gasteiger partial charge in [0.05, 0.1) is 0 Å². The van der Waals surface area contributed by atoms with Gasteiger partial charge in [-0.3, -0.25) is 0 Å². The molecule has 0 saturated carbocycles. The van der Waals surface area contributed by atoms with Gasteiger partial charge in [-0.15, -0.1) is 0 Å². The third-order valence-electron chi connectivity index (χ3n) is 6.48. The van der Waals surface area contributed by atoms with E-state index in [4.69, 9.17) is 14.9 Å². The van der Waals surface area contributed by atoms with Gasteiger partial charge in [-0.1, -0.05) is 83.5 Å². The third kappa shape index (κ3) is 5.44. The molecule has 3 rings (SSSR count). The van der Waals surface area contributed by atoms with Crippen LogP contribution in [0.15, 0.2) is 54.6 Å². The van der Waals surface area contributed by atoms with E-state index in [1.54, 1.807) is 29.1 Å². The van der Waals surface area contributed by atoms with Crippen LogP contribution < -0.4 is 0 Å². The molecule has 1 N–H and O–H groups in total. The predicted molar refractivity (Wildman–Crippen MR) is 131 cm³/mol. The molecule has 0 aliphatic carbocycles. The van der Waals surface area contributed by atoms with E-state index in [1.165, 1.54) is 6.92 Å². The monoisotopic (exact) mass is 451 g/mol. The summed E-state index contributed by atoms with van der Waals surface area (Å²) >= 11 is 0. The van der Waals surface area contributed by atoms with Crippen LogP contribution in [0, 0.1) is 11.3 Å². The maximum absolute atomic E-state index is 13.4. The Labute approximate surface area is 197 Å². The summed E-state index contributed by atoms with van der Waals surface area (Å²) in [4.78, 5) is 15.1. The Kier molecular flexibility index (Phi) is 7.58. The highest BCUT2D eigenvalue weighted by atomic mass is 16.6. The van der Waals surface area contributed by atoms with Crippen molar-refractivity contribution in [2.75, 3.05) is 0 Å². The van der Waals surface area contributed by atoms with E-state index < -0.39 is 17.7 Å². The summed E-state index contributed by atoms with van der Waals surface area (Å²) in [6.07, 6.45) is 2.02. The van der Waals surface area contributed by atoms with Crippen molar-refractivity contribution in [2.24, 2.45) is 11.3 Å². The molecule has 4 unspecified atom stereocenters. The van der Waals surface area contributed by atoms with E-state index >= 15 is 0 Å². The quantitative estimate of drug-likeness (QED) is 0.425. The van der Waals surface area contributed by atoms with Crippen LogP contribution in [0.5, 0.6) is 0 Å². The Balaban J connectivity index is 2.03. The van der Waals surface area contributed by atoms with Crippen LogP contribution in [-0.4, -0.2) is 32.2 Å². The van der Waals surface area contributed by atoms with E-state index in [0.717, 1.165) is 23.9 Å². The summed E-state index contributed by atoms with van der Waals surface area (Å²) in [6, 6.07) is 16.4. The molecule has 0 aliphatic heterocycles. The fourth-order valence-electron chi connectivity index (χ4n) is 4.50. The van der Waals surface area contributed by atoms with Crippen LogP contribution in [0.3, 0.4) is 0 Å². The highest BCUT2D eigenvalue weighted by Gasteiger charge is 2.44. The van der Waals surface area contributed by atoms with Crippen molar-refractivity contribution in [2.45, 2.75) is 78.6 Å². The van der Waals surface area contributed by atoms with Gasteiger partial charge in [-0.05, 0) is 42.9 Å². The molecular formula is C27H37N3O3. The van der Waals surface area contributed by atoms with Crippen LogP contribution in [0.25, 0.3) is 11.0 Å². The number of ether oxygens (including phenoxy) is 1. The van der Waals surface area contributed by atoms with Crippen LogP contribution in [0.2, 0.25) is 0 Å². The summed E-state index contributed by atoms with van der Waals surface area (Å²) in [6.45, 7) is 12.2. The first-order chi connectivity index (χ1) is 15.6. The molecule has 33 heavy (non-hydrogen) atoms. The largest absolute Gasteiger partial charge is 0.457 e. The van der Waals surface area contributed by atoms with Gasteiger partial charge in [0.2, 0.25) is 0 Å². The molecule has 0 aliphatic rings. The van der Waals surface area contributed by atoms with Crippen molar-refractivity contribution in [1.82, 2.24) is 15.0 Å². The number of carbonyl (C=O) groups is 1. The Morgan fingerprint density at radius 3 is 2.00 bits per heavy atom. The zero-order chi connectivity index (χ0) is 24.2. The van der Waals surface area contributed by atoms with Crippen molar-refractivity contribution in [3.05, 3.63) is 60.2 Å². The number of nitrogens with zero attached hydrogens (tertiary/aromatic N) is 3. The van der Waals surface area contributed by atoms with Gasteiger partial charge in [0.1, 0.15) is 23.2 Å². The van der Waals surface area contributed by atoms with Gasteiger partial charge in [-0.2, -0.15) is 15.0 Å². The number of benzene rings is 2. The Hall–Kier alpha value is -2.73. The molecule has 2 aromatic carbocycles. The fourth-order valence-corrected chi connectivity index (χ4v) is 4.50. The van der Waals surface area contributed by atoms with Crippen LogP contribution in [0.4, 0.5) is 0 Å². The summed E-state index contributed by atoms with van der Waals surface area (Å²) in [5, 5.41) is 20.6. The van der Waals surface area contributed by atoms with Crippen molar-refractivity contribution >= 4 is 17.0 Å². The zero-order valence-electron chi connectivity index (χ0n) is 20.7. The van der Waals surface area contributed by atoms with Crippen LogP contribution in [-0.2, 0) is 15.1 Å². The van der Waals surface area contributed by atoms with E-state index in [-0.39, 0.29) is 17.4 Å². The number of carbonyl (C=O) groups excluding carboxylic acids is 1. The average Bonchev–Trinajstić information content (AvgIpc) is 3.21. The molecule has 1 aromatic heterocycles. The molecular weight excluding hydrogens is 414 g/mol. The third-order valence-corrected chi connectivity index (χ3v) is 6.48. The molecule has 0 radical (unpaired) electrons. The number of hydrogen-bond acceptors (Lipinski definition) is 5. The smallest absolute Gasteiger partial charge is 0.342 e. The molecule has 0 fully saturated rings. The van der Waals surface area contributed by atoms with Crippen LogP contribution >= 0.6 is 0 Å². The topological polar surface area (TPSA) is 77.2 Å². The molecule has 4 atom stereocenters. The van der Waals surface area contributed by atoms with Gasteiger partial charge in [0, 0.05) is 5.92 Å². The number of rotatable bonds is 9. The summed E-state index contributed by atoms with van der Waals surface area (Å²) in [7, 11) is 0. The maximum atomic E-state index is 13.4. The van der Waals surface area contributed by atoms with E-state index in [1.807, 2.05) is 30.3 Å². The van der Waals surface area contributed by atoms with Gasteiger partial charge in [0.25, 0.3) is 0 Å². The Bertz CT molecular complexity index is 1020. The second kappa shape index (κ2) is 10.0. The van der Waals surface area contributed by atoms with Crippen molar-refractivity contribution in [3.63, 3.8) is 0 Å². The lowest BCUT2D eigenvalue weighted by Gasteiger charge is -2.40. The number of hydrogen-bond donors (Lipinski definition) is 1. The fraction of sp³-hybridized carbons (Fsp3) is 0.519. The lowest BCUT2D eigenvalue weighted by atomic mass is 9.72. The molecule has 1 heterocycles. The van der Waals surface area contributed by atoms with Gasteiger partial charge in [0.15, 0.2) is 5.60 Å². The summed E-state index contributed by atoms with van der Waals surface area (Å²) in [5.74, 6) is -0.601. The minimum Gasteiger partial charge on any atom is -0.457 e. The first-order valence-corrected chi connectivity index (χ1v) is 11.9. The number of aliphatic hydroxyl groups is 1. The minimum absolute atomic E-state index is 0.0529. The highest BCUT2D eigenvalue weighted by Crippen LogP contribution is 2.40. The molecule has 0 amide bonds. The van der Waals surface area contributed by atoms with Crippen LogP contribution in [0.1, 0.15) is 72.4 Å². The lowest BCUT2D eigenvalue weighted by molar-refractivity contribution is -0.180. The molecule has 6 heteroatoms. The normalized spacial score (nSPS) is 16.7. The average molecular weight is 452 g/mol. The van der Waals surface area contributed by atoms with E-state index in [2.05, 4.69) is 34.6 Å². The van der Waals surface area contributed by atoms with E-state index in [0.29, 0.717) is 12.0 Å². The molecule has 178 valence electrons. The summed E-state index contributed by atoms with van der Waals surface area (Å²) < 4.78 is 6.22. The number of fused-ring (bicyclic) bond motifs is 1. The second-order valence-electron chi connectivity index (χ2n) is 10.1. The minimum atomic E-state index is -1.76. The lowest BCUT2D eigenvalue weighted by Crippen LogP contribution is -2.45. The molecule has 0 spiro atoms. The maximum Gasteiger partial charge on any atom is 0.342 e. The highest BCUT2D eigenvalue weighted by molar-refractivity contribution is 5.80. The standard InChI is InChI=1S/C27H37N3O3/c1-7-14-20(26(3,4)5)24(33-25(31)27(6,32)19-15-10-9-11-16-19)23(8-2)30-28-21-17-12-13-18-22(21)29-30/h9-13,15-18,20,23-24,32H,7-8,14H2,1-6H3. The number of aromatic nitrogens is 3. The van der Waals surface area contributed by atoms with E-state index in [9.17, 15) is 9.90 Å². The first-order valence-electron chi connectivity index (χ1n) is 11.9. The van der Waals surface area contributed by atoms with Crippen molar-refractivity contribution in [1.29, 1.82) is 0 Å². The Morgan fingerprint density at radius 1 is 0.970 bits per heavy atom. The molecule has 0 bridgehead atoms. The number of esters is 1. The zero-order valence-corrected chi connectivity index (χ0v) is 20.7. The molecule has 6 nitrogen and oxygen atoms in total. The van der Waals surface area contributed by atoms with Gasteiger partial charge in [-0.25, -0.2) is 4.79 Å². The SMILES string of the molecule is CCCC(C(OC(=O)C(C)(O)c1ccccc1)C(CC)n1nc2ccccc2n1)C(C)(C)C. The van der Waals surface area contributed by atoms with Crippen molar-refractivity contribution < 1.29 is 14.6 Å². The molecule has 3 aromatic rings. The second-order valence-corrected chi connectivity index (χ2v) is 10.1. The van der Waals surface area contributed by atoms with Gasteiger partial charge < -0.3 is 9.84 Å². The molecule has 0 saturated heterocycles. The van der Waals surface area contributed by atoms with Crippen molar-refractivity contribution in [3.8, 4) is 0 Å². The first kappa shape index (κ1) is 24.9. The Morgan fingerprint density at radius 2 is 1.52 bits per heavy atom. The predicted octanol–water partition coefficient (Wildman–Crippen LogP) is 5.66.